The molecule has 1 unspecified atom stereocenters. The van der Waals surface area contributed by atoms with E-state index in [-0.39, 0.29) is 41.9 Å². The number of amides is 1. The number of aromatic nitrogens is 4. The van der Waals surface area contributed by atoms with Gasteiger partial charge in [0.2, 0.25) is 0 Å². The molecule has 0 aliphatic carbocycles. The smallest absolute Gasteiger partial charge is 0.274 e. The van der Waals surface area contributed by atoms with Crippen LogP contribution >= 0.6 is 0 Å². The van der Waals surface area contributed by atoms with Crippen LogP contribution < -0.4 is 11.1 Å². The average Bonchev–Trinajstić information content (AvgIpc) is 3.25. The predicted molar refractivity (Wildman–Crippen MR) is 115 cm³/mol. The third kappa shape index (κ3) is 3.76. The van der Waals surface area contributed by atoms with Crippen molar-refractivity contribution in [2.75, 3.05) is 13.2 Å². The summed E-state index contributed by atoms with van der Waals surface area (Å²) in [5.74, 6) is 0.149. The van der Waals surface area contributed by atoms with Crippen LogP contribution in [0.2, 0.25) is 0 Å². The summed E-state index contributed by atoms with van der Waals surface area (Å²) in [4.78, 5) is 44.8. The van der Waals surface area contributed by atoms with Gasteiger partial charge in [-0.3, -0.25) is 19.0 Å². The van der Waals surface area contributed by atoms with E-state index in [1.165, 1.54) is 21.4 Å². The molecule has 1 saturated heterocycles. The van der Waals surface area contributed by atoms with E-state index in [9.17, 15) is 19.5 Å². The molecule has 31 heavy (non-hydrogen) atoms. The number of aliphatic hydroxyl groups is 1. The van der Waals surface area contributed by atoms with Crippen molar-refractivity contribution in [3.05, 3.63) is 68.6 Å². The molecule has 0 saturated carbocycles. The van der Waals surface area contributed by atoms with Crippen molar-refractivity contribution in [1.82, 2.24) is 24.2 Å². The van der Waals surface area contributed by atoms with Gasteiger partial charge in [0, 0.05) is 12.6 Å². The quantitative estimate of drug-likeness (QED) is 0.666. The second-order valence-electron chi connectivity index (χ2n) is 7.92. The predicted octanol–water partition coefficient (Wildman–Crippen LogP) is 1.50. The summed E-state index contributed by atoms with van der Waals surface area (Å²) in [7, 11) is 0. The lowest BCUT2D eigenvalue weighted by Gasteiger charge is -2.26. The molecule has 1 amide bonds. The highest BCUT2D eigenvalue weighted by atomic mass is 16.3. The minimum Gasteiger partial charge on any atom is -0.395 e. The van der Waals surface area contributed by atoms with Crippen molar-refractivity contribution >= 4 is 16.8 Å². The number of hydrogen-bond acceptors (Lipinski definition) is 6. The summed E-state index contributed by atoms with van der Waals surface area (Å²) < 4.78 is 2.75. The third-order valence-electron chi connectivity index (χ3n) is 5.56. The van der Waals surface area contributed by atoms with Crippen molar-refractivity contribution < 1.29 is 9.90 Å². The van der Waals surface area contributed by atoms with Crippen molar-refractivity contribution in [3.63, 3.8) is 0 Å². The van der Waals surface area contributed by atoms with Crippen molar-refractivity contribution in [3.8, 4) is 0 Å². The summed E-state index contributed by atoms with van der Waals surface area (Å²) in [5, 5.41) is 14.3. The van der Waals surface area contributed by atoms with Gasteiger partial charge in [0.05, 0.1) is 36.1 Å². The van der Waals surface area contributed by atoms with Gasteiger partial charge >= 0.3 is 0 Å². The van der Waals surface area contributed by atoms with Crippen LogP contribution in [0.15, 0.2) is 46.0 Å². The number of likely N-dealkylation sites (tertiary alicyclic amines) is 1. The van der Waals surface area contributed by atoms with Gasteiger partial charge in [0.15, 0.2) is 0 Å². The summed E-state index contributed by atoms with van der Waals surface area (Å²) in [6, 6.07) is 9.25. The second-order valence-corrected chi connectivity index (χ2v) is 7.92. The van der Waals surface area contributed by atoms with Crippen molar-refractivity contribution in [1.29, 1.82) is 0 Å². The molecule has 2 aromatic heterocycles. The Morgan fingerprint density at radius 2 is 1.97 bits per heavy atom. The lowest BCUT2D eigenvalue weighted by molar-refractivity contribution is 0.0716. The number of carbonyl (C=O) groups is 1. The fourth-order valence-corrected chi connectivity index (χ4v) is 4.09. The SMILES string of the molecule is CC(C)n1nc(C(=O)N2CCCC2c2nc3ccccc3c(=O)n2CCO)ccc1=O. The Hall–Kier alpha value is -3.33. The molecule has 4 rings (SSSR count). The highest BCUT2D eigenvalue weighted by molar-refractivity contribution is 5.92. The minimum absolute atomic E-state index is 0.0982. The Morgan fingerprint density at radius 1 is 1.19 bits per heavy atom. The first-order valence-corrected chi connectivity index (χ1v) is 10.4. The number of rotatable bonds is 5. The molecular weight excluding hydrogens is 398 g/mol. The van der Waals surface area contributed by atoms with Crippen LogP contribution in [0.25, 0.3) is 10.9 Å². The van der Waals surface area contributed by atoms with E-state index in [1.807, 2.05) is 19.9 Å². The molecule has 0 spiro atoms. The first-order chi connectivity index (χ1) is 14.9. The number of para-hydroxylation sites is 1. The van der Waals surface area contributed by atoms with Gasteiger partial charge in [-0.2, -0.15) is 5.10 Å². The number of aliphatic hydroxyl groups excluding tert-OH is 1. The van der Waals surface area contributed by atoms with Crippen LogP contribution in [0.1, 0.15) is 55.1 Å². The summed E-state index contributed by atoms with van der Waals surface area (Å²) in [5.41, 5.74) is 0.234. The zero-order chi connectivity index (χ0) is 22.1. The standard InChI is InChI=1S/C22H25N5O4/c1-14(2)27-19(29)10-9-17(24-27)22(31)25-11-5-8-18(25)20-23-16-7-4-3-6-15(16)21(30)26(20)12-13-28/h3-4,6-7,9-10,14,18,28H,5,8,11-13H2,1-2H3. The molecule has 1 aromatic carbocycles. The molecule has 3 heterocycles. The monoisotopic (exact) mass is 423 g/mol. The van der Waals surface area contributed by atoms with Gasteiger partial charge in [-0.25, -0.2) is 9.67 Å². The molecule has 1 N–H and O–H groups in total. The Bertz CT molecular complexity index is 1250. The van der Waals surface area contributed by atoms with E-state index in [2.05, 4.69) is 5.10 Å². The molecule has 9 nitrogen and oxygen atoms in total. The molecule has 1 fully saturated rings. The number of benzene rings is 1. The first kappa shape index (κ1) is 20.9. The molecule has 3 aromatic rings. The van der Waals surface area contributed by atoms with Crippen molar-refractivity contribution in [2.24, 2.45) is 0 Å². The largest absolute Gasteiger partial charge is 0.395 e. The first-order valence-electron chi connectivity index (χ1n) is 10.4. The molecule has 0 radical (unpaired) electrons. The second kappa shape index (κ2) is 8.43. The third-order valence-corrected chi connectivity index (χ3v) is 5.56. The van der Waals surface area contributed by atoms with Crippen LogP contribution in [0, 0.1) is 0 Å². The lowest BCUT2D eigenvalue weighted by atomic mass is 10.1. The summed E-state index contributed by atoms with van der Waals surface area (Å²) >= 11 is 0. The molecule has 162 valence electrons. The van der Waals surface area contributed by atoms with Gasteiger partial charge in [-0.15, -0.1) is 0 Å². The summed E-state index contributed by atoms with van der Waals surface area (Å²) in [6.07, 6.45) is 1.40. The van der Waals surface area contributed by atoms with E-state index in [0.717, 1.165) is 6.42 Å². The van der Waals surface area contributed by atoms with Gasteiger partial charge in [-0.05, 0) is 44.9 Å². The molecule has 9 heteroatoms. The number of fused-ring (bicyclic) bond motifs is 1. The molecule has 1 atom stereocenters. The van der Waals surface area contributed by atoms with Crippen LogP contribution in [-0.4, -0.2) is 48.4 Å². The molecular formula is C22H25N5O4. The fraction of sp³-hybridized carbons (Fsp3) is 0.409. The van der Waals surface area contributed by atoms with E-state index >= 15 is 0 Å². The average molecular weight is 423 g/mol. The highest BCUT2D eigenvalue weighted by Crippen LogP contribution is 2.32. The highest BCUT2D eigenvalue weighted by Gasteiger charge is 2.35. The van der Waals surface area contributed by atoms with Gasteiger partial charge in [0.1, 0.15) is 11.5 Å². The Kier molecular flexibility index (Phi) is 5.69. The van der Waals surface area contributed by atoms with E-state index in [4.69, 9.17) is 4.98 Å². The number of nitrogens with zero attached hydrogens (tertiary/aromatic N) is 5. The minimum atomic E-state index is -0.419. The Balaban J connectivity index is 1.79. The van der Waals surface area contributed by atoms with Crippen LogP contribution in [0.4, 0.5) is 0 Å². The maximum absolute atomic E-state index is 13.3. The zero-order valence-electron chi connectivity index (χ0n) is 17.6. The van der Waals surface area contributed by atoms with E-state index < -0.39 is 6.04 Å². The molecule has 1 aliphatic heterocycles. The molecule has 0 bridgehead atoms. The fourth-order valence-electron chi connectivity index (χ4n) is 4.09. The Morgan fingerprint density at radius 3 is 2.71 bits per heavy atom. The maximum Gasteiger partial charge on any atom is 0.274 e. The zero-order valence-corrected chi connectivity index (χ0v) is 17.6. The normalized spacial score (nSPS) is 16.4. The van der Waals surface area contributed by atoms with Gasteiger partial charge in [-0.1, -0.05) is 12.1 Å². The summed E-state index contributed by atoms with van der Waals surface area (Å²) in [6.45, 7) is 4.03. The topological polar surface area (TPSA) is 110 Å². The van der Waals surface area contributed by atoms with Gasteiger partial charge in [0.25, 0.3) is 17.0 Å². The van der Waals surface area contributed by atoms with Gasteiger partial charge < -0.3 is 10.0 Å². The van der Waals surface area contributed by atoms with Crippen LogP contribution in [0.5, 0.6) is 0 Å². The maximum atomic E-state index is 13.3. The lowest BCUT2D eigenvalue weighted by Crippen LogP contribution is -2.37. The van der Waals surface area contributed by atoms with Crippen molar-refractivity contribution in [2.45, 2.75) is 45.3 Å². The van der Waals surface area contributed by atoms with E-state index in [1.54, 1.807) is 23.1 Å². The van der Waals surface area contributed by atoms with Crippen LogP contribution in [0.3, 0.4) is 0 Å². The number of carbonyl (C=O) groups excluding carboxylic acids is 1. The molecule has 1 aliphatic rings. The van der Waals surface area contributed by atoms with E-state index in [0.29, 0.717) is 29.7 Å². The number of hydrogen-bond donors (Lipinski definition) is 1. The Labute approximate surface area is 178 Å². The van der Waals surface area contributed by atoms with Crippen LogP contribution in [-0.2, 0) is 6.54 Å².